The molecule has 136 valence electrons. The predicted molar refractivity (Wildman–Crippen MR) is 90.2 cm³/mol. The second-order valence-corrected chi connectivity index (χ2v) is 5.23. The summed E-state index contributed by atoms with van der Waals surface area (Å²) in [5, 5.41) is 9.51. The molecule has 0 saturated heterocycles. The predicted octanol–water partition coefficient (Wildman–Crippen LogP) is 1.98. The van der Waals surface area contributed by atoms with Gasteiger partial charge in [-0.1, -0.05) is 12.1 Å². The van der Waals surface area contributed by atoms with Crippen LogP contribution in [0.2, 0.25) is 0 Å². The molecule has 0 aromatic heterocycles. The maximum Gasteiger partial charge on any atom is 0.334 e. The number of hydrogen-bond donors (Lipinski definition) is 1. The molecule has 0 bridgehead atoms. The minimum absolute atomic E-state index is 0.393. The molecule has 1 rings (SSSR count). The Morgan fingerprint density at radius 3 is 2.42 bits per heavy atom. The molecule has 24 heavy (non-hydrogen) atoms. The van der Waals surface area contributed by atoms with Crippen LogP contribution < -0.4 is 4.74 Å². The van der Waals surface area contributed by atoms with Crippen LogP contribution in [0.4, 0.5) is 0 Å². The van der Waals surface area contributed by atoms with Gasteiger partial charge in [0, 0.05) is 6.61 Å². The van der Waals surface area contributed by atoms with Gasteiger partial charge in [-0.2, -0.15) is 0 Å². The fourth-order valence-electron chi connectivity index (χ4n) is 2.09. The number of aliphatic hydroxyl groups excluding tert-OH is 1. The van der Waals surface area contributed by atoms with E-state index in [2.05, 4.69) is 4.74 Å². The lowest BCUT2D eigenvalue weighted by molar-refractivity contribution is -0.150. The number of ether oxygens (including phenoxy) is 4. The van der Waals surface area contributed by atoms with Gasteiger partial charge in [-0.25, -0.2) is 4.79 Å². The van der Waals surface area contributed by atoms with E-state index in [-0.39, 0.29) is 0 Å². The average molecular weight is 340 g/mol. The van der Waals surface area contributed by atoms with E-state index in [4.69, 9.17) is 14.2 Å². The van der Waals surface area contributed by atoms with Gasteiger partial charge in [0.1, 0.15) is 12.4 Å². The highest BCUT2D eigenvalue weighted by atomic mass is 16.5. The van der Waals surface area contributed by atoms with Crippen LogP contribution in [-0.2, 0) is 25.4 Å². The molecule has 0 spiro atoms. The van der Waals surface area contributed by atoms with Crippen LogP contribution in [0.3, 0.4) is 0 Å². The smallest absolute Gasteiger partial charge is 0.334 e. The van der Waals surface area contributed by atoms with E-state index in [1.165, 1.54) is 7.11 Å². The first kappa shape index (κ1) is 20.4. The van der Waals surface area contributed by atoms with Crippen molar-refractivity contribution in [3.63, 3.8) is 0 Å². The van der Waals surface area contributed by atoms with Crippen molar-refractivity contribution in [1.29, 1.82) is 0 Å². The van der Waals surface area contributed by atoms with Gasteiger partial charge in [0.25, 0.3) is 0 Å². The second kappa shape index (κ2) is 12.8. The first-order valence-corrected chi connectivity index (χ1v) is 8.30. The van der Waals surface area contributed by atoms with Crippen LogP contribution in [0.25, 0.3) is 0 Å². The monoisotopic (exact) mass is 340 g/mol. The van der Waals surface area contributed by atoms with Gasteiger partial charge in [0.15, 0.2) is 6.10 Å². The number of esters is 1. The summed E-state index contributed by atoms with van der Waals surface area (Å²) in [5.41, 5.74) is 1.13. The molecule has 0 saturated carbocycles. The minimum atomic E-state index is -1.04. The normalized spacial score (nSPS) is 12.0. The highest BCUT2D eigenvalue weighted by Gasteiger charge is 2.14. The Balaban J connectivity index is 2.15. The van der Waals surface area contributed by atoms with Crippen LogP contribution in [0.15, 0.2) is 24.3 Å². The molecule has 0 aliphatic heterocycles. The molecule has 1 N–H and O–H groups in total. The fourth-order valence-corrected chi connectivity index (χ4v) is 2.09. The molecule has 1 aromatic carbocycles. The standard InChI is InChI=1S/C18H28O6/c1-3-22-11-12-23-13-14-24-16-9-7-15(8-10-16)5-4-6-17(19)18(20)21-2/h7-10,17,19H,3-6,11-14H2,1-2H3/t17-/m1/s1. The lowest BCUT2D eigenvalue weighted by Crippen LogP contribution is -2.21. The van der Waals surface area contributed by atoms with Crippen molar-refractivity contribution in [2.75, 3.05) is 40.1 Å². The van der Waals surface area contributed by atoms with E-state index in [0.29, 0.717) is 45.9 Å². The topological polar surface area (TPSA) is 74.2 Å². The number of aryl methyl sites for hydroxylation is 1. The molecule has 1 aromatic rings. The largest absolute Gasteiger partial charge is 0.491 e. The fraction of sp³-hybridized carbons (Fsp3) is 0.611. The van der Waals surface area contributed by atoms with E-state index in [1.807, 2.05) is 31.2 Å². The van der Waals surface area contributed by atoms with Gasteiger partial charge < -0.3 is 24.1 Å². The number of carbonyl (C=O) groups is 1. The van der Waals surface area contributed by atoms with Crippen molar-refractivity contribution in [2.45, 2.75) is 32.3 Å². The SMILES string of the molecule is CCOCCOCCOc1ccc(CCC[C@@H](O)C(=O)OC)cc1. The number of hydrogen-bond acceptors (Lipinski definition) is 6. The summed E-state index contributed by atoms with van der Waals surface area (Å²) in [7, 11) is 1.27. The molecule has 0 unspecified atom stereocenters. The maximum atomic E-state index is 11.1. The summed E-state index contributed by atoms with van der Waals surface area (Å²) < 4.78 is 20.6. The van der Waals surface area contributed by atoms with Crippen molar-refractivity contribution in [1.82, 2.24) is 0 Å². The quantitative estimate of drug-likeness (QED) is 0.437. The van der Waals surface area contributed by atoms with Crippen molar-refractivity contribution >= 4 is 5.97 Å². The van der Waals surface area contributed by atoms with Crippen LogP contribution in [0.5, 0.6) is 5.75 Å². The summed E-state index contributed by atoms with van der Waals surface area (Å²) in [6.07, 6.45) is 0.851. The molecule has 0 amide bonds. The summed E-state index contributed by atoms with van der Waals surface area (Å²) in [5.74, 6) is 0.212. The lowest BCUT2D eigenvalue weighted by atomic mass is 10.1. The molecule has 6 nitrogen and oxygen atoms in total. The summed E-state index contributed by atoms with van der Waals surface area (Å²) in [4.78, 5) is 11.1. The van der Waals surface area contributed by atoms with Crippen LogP contribution in [0.1, 0.15) is 25.3 Å². The number of methoxy groups -OCH3 is 1. The Hall–Kier alpha value is -1.63. The molecule has 6 heteroatoms. The summed E-state index contributed by atoms with van der Waals surface area (Å²) >= 11 is 0. The zero-order valence-corrected chi connectivity index (χ0v) is 14.5. The van der Waals surface area contributed by atoms with Crippen LogP contribution in [0, 0.1) is 0 Å². The third-order valence-corrected chi connectivity index (χ3v) is 3.41. The van der Waals surface area contributed by atoms with Crippen LogP contribution in [-0.4, -0.2) is 57.3 Å². The third kappa shape index (κ3) is 8.86. The Labute approximate surface area is 143 Å². The Morgan fingerprint density at radius 2 is 1.75 bits per heavy atom. The van der Waals surface area contributed by atoms with Gasteiger partial charge in [-0.15, -0.1) is 0 Å². The molecule has 0 fully saturated rings. The molecular weight excluding hydrogens is 312 g/mol. The van der Waals surface area contributed by atoms with E-state index in [1.54, 1.807) is 0 Å². The summed E-state index contributed by atoms with van der Waals surface area (Å²) in [6, 6.07) is 7.78. The average Bonchev–Trinajstić information content (AvgIpc) is 2.61. The van der Waals surface area contributed by atoms with E-state index in [0.717, 1.165) is 17.7 Å². The van der Waals surface area contributed by atoms with Crippen LogP contribution >= 0.6 is 0 Å². The highest BCUT2D eigenvalue weighted by Crippen LogP contribution is 2.14. The molecule has 0 radical (unpaired) electrons. The highest BCUT2D eigenvalue weighted by molar-refractivity contribution is 5.74. The third-order valence-electron chi connectivity index (χ3n) is 3.41. The first-order valence-electron chi connectivity index (χ1n) is 8.30. The number of aliphatic hydroxyl groups is 1. The van der Waals surface area contributed by atoms with Crippen molar-refractivity contribution in [2.24, 2.45) is 0 Å². The zero-order chi connectivity index (χ0) is 17.6. The minimum Gasteiger partial charge on any atom is -0.491 e. The Morgan fingerprint density at radius 1 is 1.08 bits per heavy atom. The van der Waals surface area contributed by atoms with Gasteiger partial charge in [-0.05, 0) is 43.9 Å². The lowest BCUT2D eigenvalue weighted by Gasteiger charge is -2.09. The summed E-state index contributed by atoms with van der Waals surface area (Å²) in [6.45, 7) is 4.86. The zero-order valence-electron chi connectivity index (χ0n) is 14.5. The van der Waals surface area contributed by atoms with Crippen molar-refractivity contribution < 1.29 is 28.8 Å². The molecular formula is C18H28O6. The van der Waals surface area contributed by atoms with Gasteiger partial charge in [-0.3, -0.25) is 0 Å². The number of rotatable bonds is 13. The van der Waals surface area contributed by atoms with Crippen molar-refractivity contribution in [3.05, 3.63) is 29.8 Å². The Kier molecular flexibility index (Phi) is 10.8. The van der Waals surface area contributed by atoms with Gasteiger partial charge in [0.05, 0.1) is 26.9 Å². The van der Waals surface area contributed by atoms with Gasteiger partial charge >= 0.3 is 5.97 Å². The first-order chi connectivity index (χ1) is 11.7. The number of carbonyl (C=O) groups excluding carboxylic acids is 1. The van der Waals surface area contributed by atoms with Crippen molar-refractivity contribution in [3.8, 4) is 5.75 Å². The second-order valence-electron chi connectivity index (χ2n) is 5.23. The molecule has 0 aliphatic carbocycles. The van der Waals surface area contributed by atoms with E-state index in [9.17, 15) is 9.90 Å². The van der Waals surface area contributed by atoms with E-state index < -0.39 is 12.1 Å². The van der Waals surface area contributed by atoms with Gasteiger partial charge in [0.2, 0.25) is 0 Å². The Bertz CT molecular complexity index is 445. The number of benzene rings is 1. The molecule has 0 heterocycles. The molecule has 0 aliphatic rings. The maximum absolute atomic E-state index is 11.1. The van der Waals surface area contributed by atoms with E-state index >= 15 is 0 Å². The molecule has 1 atom stereocenters.